The van der Waals surface area contributed by atoms with E-state index >= 15 is 0 Å². The lowest BCUT2D eigenvalue weighted by molar-refractivity contribution is 0.0942. The summed E-state index contributed by atoms with van der Waals surface area (Å²) in [6.45, 7) is 0. The standard InChI is InChI=1S/C26H35N3O2/c27-25(29-31)26(19-20-26)28-24(30)23-17-15-22(16-18-23)14-8-5-3-1-2-4-7-11-21-12-9-6-10-13-21/h6,9-10,12-13,15-18,31H,1-5,7-8,11,14,19-20H2,(H2,27,29)(H,28,30). The molecule has 0 spiro atoms. The molecule has 1 aliphatic carbocycles. The number of amidine groups is 1. The third-order valence-electron chi connectivity index (χ3n) is 6.19. The van der Waals surface area contributed by atoms with E-state index in [0.717, 1.165) is 6.42 Å². The van der Waals surface area contributed by atoms with Crippen LogP contribution in [0.25, 0.3) is 0 Å². The fourth-order valence-corrected chi connectivity index (χ4v) is 3.96. The summed E-state index contributed by atoms with van der Waals surface area (Å²) >= 11 is 0. The summed E-state index contributed by atoms with van der Waals surface area (Å²) in [7, 11) is 0. The first-order valence-corrected chi connectivity index (χ1v) is 11.6. The molecule has 0 aliphatic heterocycles. The van der Waals surface area contributed by atoms with Gasteiger partial charge in [0.25, 0.3) is 5.91 Å². The number of nitrogens with two attached hydrogens (primary N) is 1. The van der Waals surface area contributed by atoms with Crippen LogP contribution in [-0.4, -0.2) is 22.5 Å². The first kappa shape index (κ1) is 22.9. The molecule has 1 amide bonds. The maximum absolute atomic E-state index is 12.4. The Balaban J connectivity index is 1.25. The van der Waals surface area contributed by atoms with Crippen molar-refractivity contribution in [2.75, 3.05) is 0 Å². The molecule has 0 aromatic heterocycles. The molecule has 0 heterocycles. The number of hydrogen-bond donors (Lipinski definition) is 3. The van der Waals surface area contributed by atoms with Crippen molar-refractivity contribution in [1.29, 1.82) is 0 Å². The van der Waals surface area contributed by atoms with Crippen molar-refractivity contribution < 1.29 is 10.0 Å². The van der Waals surface area contributed by atoms with E-state index < -0.39 is 5.54 Å². The van der Waals surface area contributed by atoms with Gasteiger partial charge in [0.15, 0.2) is 5.84 Å². The zero-order chi connectivity index (χ0) is 21.9. The van der Waals surface area contributed by atoms with E-state index in [2.05, 4.69) is 40.8 Å². The highest BCUT2D eigenvalue weighted by Gasteiger charge is 2.48. The Labute approximate surface area is 185 Å². The van der Waals surface area contributed by atoms with Gasteiger partial charge in [-0.2, -0.15) is 0 Å². The Morgan fingerprint density at radius 1 is 0.839 bits per heavy atom. The van der Waals surface area contributed by atoms with E-state index in [0.29, 0.717) is 18.4 Å². The summed E-state index contributed by atoms with van der Waals surface area (Å²) in [6.07, 6.45) is 12.6. The molecule has 1 saturated carbocycles. The highest BCUT2D eigenvalue weighted by atomic mass is 16.4. The third-order valence-corrected chi connectivity index (χ3v) is 6.19. The Kier molecular flexibility index (Phi) is 8.51. The van der Waals surface area contributed by atoms with Crippen LogP contribution in [0.2, 0.25) is 0 Å². The SMILES string of the molecule is N/C(=N\O)C1(NC(=O)c2ccc(CCCCCCCCCc3ccccc3)cc2)CC1. The summed E-state index contributed by atoms with van der Waals surface area (Å²) in [5.41, 5.74) is 8.34. The second-order valence-electron chi connectivity index (χ2n) is 8.68. The van der Waals surface area contributed by atoms with Crippen LogP contribution in [0.5, 0.6) is 0 Å². The first-order chi connectivity index (χ1) is 15.1. The van der Waals surface area contributed by atoms with Gasteiger partial charge in [0, 0.05) is 5.56 Å². The van der Waals surface area contributed by atoms with E-state index in [4.69, 9.17) is 10.9 Å². The van der Waals surface area contributed by atoms with Crippen LogP contribution in [0.15, 0.2) is 59.8 Å². The average molecular weight is 422 g/mol. The number of aryl methyl sites for hydroxylation is 2. The fraction of sp³-hybridized carbons (Fsp3) is 0.462. The largest absolute Gasteiger partial charge is 0.409 e. The number of nitrogens with zero attached hydrogens (tertiary/aromatic N) is 1. The second-order valence-corrected chi connectivity index (χ2v) is 8.68. The van der Waals surface area contributed by atoms with Crippen molar-refractivity contribution in [3.63, 3.8) is 0 Å². The maximum Gasteiger partial charge on any atom is 0.252 e. The lowest BCUT2D eigenvalue weighted by atomic mass is 10.0. The van der Waals surface area contributed by atoms with Crippen LogP contribution >= 0.6 is 0 Å². The predicted molar refractivity (Wildman–Crippen MR) is 125 cm³/mol. The van der Waals surface area contributed by atoms with Gasteiger partial charge in [-0.3, -0.25) is 4.79 Å². The first-order valence-electron chi connectivity index (χ1n) is 11.6. The van der Waals surface area contributed by atoms with Crippen molar-refractivity contribution in [3.8, 4) is 0 Å². The van der Waals surface area contributed by atoms with E-state index in [-0.39, 0.29) is 11.7 Å². The topological polar surface area (TPSA) is 87.7 Å². The number of nitrogens with one attached hydrogen (secondary N) is 1. The fourth-order valence-electron chi connectivity index (χ4n) is 3.96. The minimum atomic E-state index is -0.661. The predicted octanol–water partition coefficient (Wildman–Crippen LogP) is 5.21. The number of oxime groups is 1. The number of rotatable bonds is 13. The van der Waals surface area contributed by atoms with Crippen molar-refractivity contribution in [2.24, 2.45) is 10.9 Å². The van der Waals surface area contributed by atoms with Crippen LogP contribution < -0.4 is 11.1 Å². The molecule has 5 heteroatoms. The Morgan fingerprint density at radius 2 is 1.35 bits per heavy atom. The number of benzene rings is 2. The summed E-state index contributed by atoms with van der Waals surface area (Å²) in [4.78, 5) is 12.4. The highest BCUT2D eigenvalue weighted by Crippen LogP contribution is 2.35. The van der Waals surface area contributed by atoms with Gasteiger partial charge in [0.05, 0.1) is 0 Å². The molecule has 1 fully saturated rings. The zero-order valence-electron chi connectivity index (χ0n) is 18.4. The zero-order valence-corrected chi connectivity index (χ0v) is 18.4. The molecular formula is C26H35N3O2. The molecule has 2 aromatic carbocycles. The molecule has 2 aromatic rings. The molecule has 0 saturated heterocycles. The average Bonchev–Trinajstić information content (AvgIpc) is 3.59. The molecule has 0 unspecified atom stereocenters. The van der Waals surface area contributed by atoms with E-state index in [1.807, 2.05) is 24.3 Å². The number of carbonyl (C=O) groups excluding carboxylic acids is 1. The number of hydrogen-bond acceptors (Lipinski definition) is 3. The van der Waals surface area contributed by atoms with Gasteiger partial charge in [0.2, 0.25) is 0 Å². The monoisotopic (exact) mass is 421 g/mol. The highest BCUT2D eigenvalue weighted by molar-refractivity contribution is 6.01. The smallest absolute Gasteiger partial charge is 0.252 e. The normalized spacial score (nSPS) is 14.9. The van der Waals surface area contributed by atoms with Gasteiger partial charge in [0.1, 0.15) is 5.54 Å². The minimum Gasteiger partial charge on any atom is -0.409 e. The molecule has 1 aliphatic rings. The maximum atomic E-state index is 12.4. The van der Waals surface area contributed by atoms with Crippen LogP contribution in [0.1, 0.15) is 79.3 Å². The Morgan fingerprint density at radius 3 is 1.87 bits per heavy atom. The molecule has 166 valence electrons. The van der Waals surface area contributed by atoms with Crippen molar-refractivity contribution in [1.82, 2.24) is 5.32 Å². The molecule has 4 N–H and O–H groups in total. The van der Waals surface area contributed by atoms with Crippen LogP contribution in [0.4, 0.5) is 0 Å². The van der Waals surface area contributed by atoms with Gasteiger partial charge in [-0.05, 0) is 61.8 Å². The number of unbranched alkanes of at least 4 members (excludes halogenated alkanes) is 6. The third kappa shape index (κ3) is 7.12. The number of amides is 1. The molecule has 0 bridgehead atoms. The Bertz CT molecular complexity index is 843. The van der Waals surface area contributed by atoms with Crippen LogP contribution in [0, 0.1) is 0 Å². The van der Waals surface area contributed by atoms with Crippen LogP contribution in [0.3, 0.4) is 0 Å². The van der Waals surface area contributed by atoms with Crippen LogP contribution in [-0.2, 0) is 12.8 Å². The summed E-state index contributed by atoms with van der Waals surface area (Å²) in [5, 5.41) is 14.8. The molecular weight excluding hydrogens is 386 g/mol. The quantitative estimate of drug-likeness (QED) is 0.136. The molecule has 0 atom stereocenters. The molecule has 3 rings (SSSR count). The van der Waals surface area contributed by atoms with Gasteiger partial charge < -0.3 is 16.3 Å². The second kappa shape index (κ2) is 11.5. The van der Waals surface area contributed by atoms with E-state index in [9.17, 15) is 4.79 Å². The van der Waals surface area contributed by atoms with Gasteiger partial charge >= 0.3 is 0 Å². The Hall–Kier alpha value is -2.82. The molecule has 31 heavy (non-hydrogen) atoms. The summed E-state index contributed by atoms with van der Waals surface area (Å²) in [6, 6.07) is 18.5. The van der Waals surface area contributed by atoms with E-state index in [1.165, 1.54) is 62.5 Å². The minimum absolute atomic E-state index is 0.0775. The molecule has 5 nitrogen and oxygen atoms in total. The molecule has 0 radical (unpaired) electrons. The van der Waals surface area contributed by atoms with Crippen molar-refractivity contribution >= 4 is 11.7 Å². The summed E-state index contributed by atoms with van der Waals surface area (Å²) in [5.74, 6) is -0.100. The van der Waals surface area contributed by atoms with Crippen molar-refractivity contribution in [2.45, 2.75) is 76.2 Å². The van der Waals surface area contributed by atoms with Gasteiger partial charge in [-0.25, -0.2) is 0 Å². The lowest BCUT2D eigenvalue weighted by Crippen LogP contribution is -2.46. The van der Waals surface area contributed by atoms with Gasteiger partial charge in [-0.1, -0.05) is 79.7 Å². The van der Waals surface area contributed by atoms with Gasteiger partial charge in [-0.15, -0.1) is 0 Å². The number of carbonyl (C=O) groups is 1. The summed E-state index contributed by atoms with van der Waals surface area (Å²) < 4.78 is 0. The lowest BCUT2D eigenvalue weighted by Gasteiger charge is -2.15. The van der Waals surface area contributed by atoms with Crippen molar-refractivity contribution in [3.05, 3.63) is 71.3 Å². The van der Waals surface area contributed by atoms with E-state index in [1.54, 1.807) is 0 Å².